The Morgan fingerprint density at radius 1 is 1.23 bits per heavy atom. The number of benzene rings is 1. The number of nitrogens with one attached hydrogen (secondary N) is 1. The van der Waals surface area contributed by atoms with Crippen molar-refractivity contribution >= 4 is 46.2 Å². The molecule has 0 bridgehead atoms. The zero-order valence-corrected chi connectivity index (χ0v) is 16.2. The van der Waals surface area contributed by atoms with Crippen LogP contribution in [0.25, 0.3) is 9.88 Å². The summed E-state index contributed by atoms with van der Waals surface area (Å²) in [5.74, 6) is -0.754. The zero-order chi connectivity index (χ0) is 18.5. The number of rotatable bonds is 6. The summed E-state index contributed by atoms with van der Waals surface area (Å²) in [6.07, 6.45) is 0.0196. The quantitative estimate of drug-likeness (QED) is 0.609. The molecule has 8 heteroatoms. The van der Waals surface area contributed by atoms with Gasteiger partial charge in [-0.05, 0) is 29.1 Å². The molecule has 0 saturated carbocycles. The fourth-order valence-corrected chi connectivity index (χ4v) is 4.06. The van der Waals surface area contributed by atoms with Crippen LogP contribution in [0.2, 0.25) is 5.02 Å². The molecular formula is C18H15ClN2O3S2. The Bertz CT molecular complexity index is 892. The molecule has 1 atom stereocenters. The second kappa shape index (κ2) is 8.44. The van der Waals surface area contributed by atoms with E-state index in [-0.39, 0.29) is 12.3 Å². The first-order valence-electron chi connectivity index (χ1n) is 7.69. The molecule has 0 aliphatic rings. The van der Waals surface area contributed by atoms with Gasteiger partial charge in [0.15, 0.2) is 0 Å². The molecule has 3 rings (SSSR count). The molecule has 0 spiro atoms. The fourth-order valence-electron chi connectivity index (χ4n) is 2.32. The topological polar surface area (TPSA) is 68.3 Å². The van der Waals surface area contributed by atoms with E-state index < -0.39 is 12.0 Å². The lowest BCUT2D eigenvalue weighted by Crippen LogP contribution is -2.30. The van der Waals surface area contributed by atoms with Crippen LogP contribution < -0.4 is 5.32 Å². The second-order valence-corrected chi connectivity index (χ2v) is 7.62. The monoisotopic (exact) mass is 406 g/mol. The highest BCUT2D eigenvalue weighted by atomic mass is 35.5. The van der Waals surface area contributed by atoms with E-state index in [9.17, 15) is 9.59 Å². The van der Waals surface area contributed by atoms with Gasteiger partial charge in [-0.1, -0.05) is 29.8 Å². The molecule has 0 unspecified atom stereocenters. The summed E-state index contributed by atoms with van der Waals surface area (Å²) in [6, 6.07) is 10.3. The Morgan fingerprint density at radius 2 is 2.00 bits per heavy atom. The molecule has 2 aromatic heterocycles. The Balaban J connectivity index is 1.78. The van der Waals surface area contributed by atoms with Gasteiger partial charge < -0.3 is 10.1 Å². The van der Waals surface area contributed by atoms with Gasteiger partial charge in [-0.15, -0.1) is 22.7 Å². The van der Waals surface area contributed by atoms with Crippen LogP contribution in [0.1, 0.15) is 28.5 Å². The number of aromatic nitrogens is 1. The lowest BCUT2D eigenvalue weighted by atomic mass is 10.0. The number of methoxy groups -OCH3 is 1. The van der Waals surface area contributed by atoms with Crippen molar-refractivity contribution in [1.29, 1.82) is 0 Å². The molecule has 0 saturated heterocycles. The van der Waals surface area contributed by atoms with Crippen LogP contribution in [0, 0.1) is 0 Å². The van der Waals surface area contributed by atoms with E-state index in [1.165, 1.54) is 18.4 Å². The van der Waals surface area contributed by atoms with Crippen LogP contribution >= 0.6 is 34.3 Å². The molecule has 3 aromatic rings. The van der Waals surface area contributed by atoms with Crippen LogP contribution in [0.15, 0.2) is 47.2 Å². The van der Waals surface area contributed by atoms with E-state index in [0.717, 1.165) is 15.4 Å². The molecule has 134 valence electrons. The maximum Gasteiger partial charge on any atom is 0.307 e. The summed E-state index contributed by atoms with van der Waals surface area (Å²) in [5, 5.41) is 7.90. The van der Waals surface area contributed by atoms with Crippen molar-refractivity contribution in [3.63, 3.8) is 0 Å². The standard InChI is InChI=1S/C18H15ClN2O3S2/c1-24-16(22)9-13(11-4-6-12(19)7-5-11)20-17(23)14-10-26-18(21-14)15-3-2-8-25-15/h2-8,10,13H,9H2,1H3,(H,20,23)/t13-/m1/s1. The van der Waals surface area contributed by atoms with Crippen molar-refractivity contribution in [3.05, 3.63) is 63.4 Å². The highest BCUT2D eigenvalue weighted by Gasteiger charge is 2.21. The molecule has 1 N–H and O–H groups in total. The van der Waals surface area contributed by atoms with Crippen LogP contribution in [-0.2, 0) is 9.53 Å². The molecule has 1 aromatic carbocycles. The minimum Gasteiger partial charge on any atom is -0.469 e. The van der Waals surface area contributed by atoms with Crippen LogP contribution in [-0.4, -0.2) is 24.0 Å². The number of halogens is 1. The van der Waals surface area contributed by atoms with Crippen molar-refractivity contribution in [3.8, 4) is 9.88 Å². The van der Waals surface area contributed by atoms with E-state index in [1.54, 1.807) is 41.0 Å². The number of ether oxygens (including phenoxy) is 1. The predicted octanol–water partition coefficient (Wildman–Crippen LogP) is 4.56. The number of nitrogens with zero attached hydrogens (tertiary/aromatic N) is 1. The summed E-state index contributed by atoms with van der Waals surface area (Å²) < 4.78 is 4.74. The first-order chi connectivity index (χ1) is 12.6. The number of carbonyl (C=O) groups excluding carboxylic acids is 2. The van der Waals surface area contributed by atoms with Crippen molar-refractivity contribution in [1.82, 2.24) is 10.3 Å². The number of thiophene rings is 1. The maximum absolute atomic E-state index is 12.6. The average Bonchev–Trinajstić information content (AvgIpc) is 3.33. The van der Waals surface area contributed by atoms with E-state index in [0.29, 0.717) is 10.7 Å². The van der Waals surface area contributed by atoms with E-state index in [2.05, 4.69) is 10.3 Å². The summed E-state index contributed by atoms with van der Waals surface area (Å²) >= 11 is 8.89. The van der Waals surface area contributed by atoms with Crippen LogP contribution in [0.4, 0.5) is 0 Å². The largest absolute Gasteiger partial charge is 0.469 e. The molecule has 0 aliphatic heterocycles. The first kappa shape index (κ1) is 18.6. The Hall–Kier alpha value is -2.22. The molecule has 0 aliphatic carbocycles. The molecule has 0 radical (unpaired) electrons. The number of amides is 1. The van der Waals surface area contributed by atoms with Crippen molar-refractivity contribution < 1.29 is 14.3 Å². The molecule has 1 amide bonds. The SMILES string of the molecule is COC(=O)C[C@@H](NC(=O)c1csc(-c2cccs2)n1)c1ccc(Cl)cc1. The van der Waals surface area contributed by atoms with Crippen LogP contribution in [0.5, 0.6) is 0 Å². The third-order valence-corrected chi connectivity index (χ3v) is 5.78. The van der Waals surface area contributed by atoms with Gasteiger partial charge in [0.1, 0.15) is 10.7 Å². The van der Waals surface area contributed by atoms with Crippen molar-refractivity contribution in [2.75, 3.05) is 7.11 Å². The highest BCUT2D eigenvalue weighted by molar-refractivity contribution is 7.20. The van der Waals surface area contributed by atoms with Gasteiger partial charge in [-0.25, -0.2) is 4.98 Å². The van der Waals surface area contributed by atoms with Gasteiger partial charge in [0.05, 0.1) is 24.4 Å². The number of esters is 1. The number of thiazole rings is 1. The molecule has 26 heavy (non-hydrogen) atoms. The summed E-state index contributed by atoms with van der Waals surface area (Å²) in [6.45, 7) is 0. The molecule has 2 heterocycles. The predicted molar refractivity (Wildman–Crippen MR) is 104 cm³/mol. The summed E-state index contributed by atoms with van der Waals surface area (Å²) in [7, 11) is 1.32. The lowest BCUT2D eigenvalue weighted by molar-refractivity contribution is -0.141. The summed E-state index contributed by atoms with van der Waals surface area (Å²) in [4.78, 5) is 29.7. The van der Waals surface area contributed by atoms with E-state index in [1.807, 2.05) is 17.5 Å². The van der Waals surface area contributed by atoms with Gasteiger partial charge in [0, 0.05) is 10.4 Å². The van der Waals surface area contributed by atoms with Gasteiger partial charge in [-0.2, -0.15) is 0 Å². The van der Waals surface area contributed by atoms with Gasteiger partial charge in [0.25, 0.3) is 5.91 Å². The first-order valence-corrected chi connectivity index (χ1v) is 9.83. The van der Waals surface area contributed by atoms with Gasteiger partial charge >= 0.3 is 5.97 Å². The zero-order valence-electron chi connectivity index (χ0n) is 13.8. The molecule has 5 nitrogen and oxygen atoms in total. The van der Waals surface area contributed by atoms with Gasteiger partial charge in [0.2, 0.25) is 0 Å². The third-order valence-electron chi connectivity index (χ3n) is 3.64. The number of hydrogen-bond acceptors (Lipinski definition) is 6. The molecular weight excluding hydrogens is 392 g/mol. The smallest absolute Gasteiger partial charge is 0.307 e. The fraction of sp³-hybridized carbons (Fsp3) is 0.167. The minimum atomic E-state index is -0.529. The number of carbonyl (C=O) groups is 2. The maximum atomic E-state index is 12.6. The minimum absolute atomic E-state index is 0.0196. The van der Waals surface area contributed by atoms with Gasteiger partial charge in [-0.3, -0.25) is 9.59 Å². The Labute approximate surface area is 163 Å². The number of hydrogen-bond donors (Lipinski definition) is 1. The van der Waals surface area contributed by atoms with Crippen molar-refractivity contribution in [2.24, 2.45) is 0 Å². The second-order valence-electron chi connectivity index (χ2n) is 5.37. The Morgan fingerprint density at radius 3 is 2.65 bits per heavy atom. The van der Waals surface area contributed by atoms with Crippen molar-refractivity contribution in [2.45, 2.75) is 12.5 Å². The summed E-state index contributed by atoms with van der Waals surface area (Å²) in [5.41, 5.74) is 1.09. The highest BCUT2D eigenvalue weighted by Crippen LogP contribution is 2.28. The van der Waals surface area contributed by atoms with E-state index >= 15 is 0 Å². The average molecular weight is 407 g/mol. The normalized spacial score (nSPS) is 11.8. The molecule has 0 fully saturated rings. The Kier molecular flexibility index (Phi) is 6.03. The lowest BCUT2D eigenvalue weighted by Gasteiger charge is -2.17. The third kappa shape index (κ3) is 4.49. The van der Waals surface area contributed by atoms with E-state index in [4.69, 9.17) is 16.3 Å². The van der Waals surface area contributed by atoms with Crippen LogP contribution in [0.3, 0.4) is 0 Å².